The van der Waals surface area contributed by atoms with Gasteiger partial charge in [-0.1, -0.05) is 67.1 Å². The summed E-state index contributed by atoms with van der Waals surface area (Å²) in [5.74, 6) is 0.428. The Morgan fingerprint density at radius 3 is 2.48 bits per heavy atom. The molecule has 0 spiro atoms. The SMILES string of the molecule is CCCC1=C(C(=O)OCC)[C@H](c2ccccc2OC)n2c(s/c(=C\c3ccc(OCc4ccc(F)cc4)cc3)c2=O)=N1. The van der Waals surface area contributed by atoms with Crippen molar-refractivity contribution >= 4 is 23.4 Å². The molecule has 1 aliphatic heterocycles. The molecule has 0 amide bonds. The second-order valence-electron chi connectivity index (χ2n) is 9.64. The number of rotatable bonds is 10. The van der Waals surface area contributed by atoms with Gasteiger partial charge < -0.3 is 14.2 Å². The fraction of sp³-hybridized carbons (Fsp3) is 0.242. The van der Waals surface area contributed by atoms with Crippen LogP contribution in [0.25, 0.3) is 6.08 Å². The predicted octanol–water partition coefficient (Wildman–Crippen LogP) is 5.31. The third-order valence-corrected chi connectivity index (χ3v) is 7.81. The first-order valence-corrected chi connectivity index (χ1v) is 14.6. The van der Waals surface area contributed by atoms with Gasteiger partial charge in [0.05, 0.1) is 29.5 Å². The molecule has 0 N–H and O–H groups in total. The van der Waals surface area contributed by atoms with Crippen molar-refractivity contribution in [3.8, 4) is 11.5 Å². The molecule has 0 saturated heterocycles. The van der Waals surface area contributed by atoms with E-state index in [9.17, 15) is 14.0 Å². The van der Waals surface area contributed by atoms with E-state index in [1.54, 1.807) is 36.8 Å². The van der Waals surface area contributed by atoms with Crippen LogP contribution in [-0.4, -0.2) is 24.3 Å². The molecule has 216 valence electrons. The molecule has 0 bridgehead atoms. The molecule has 0 unspecified atom stereocenters. The molecule has 0 saturated carbocycles. The summed E-state index contributed by atoms with van der Waals surface area (Å²) in [6.07, 6.45) is 3.13. The Morgan fingerprint density at radius 2 is 1.79 bits per heavy atom. The molecular weight excluding hydrogens is 555 g/mol. The summed E-state index contributed by atoms with van der Waals surface area (Å²) >= 11 is 1.28. The average Bonchev–Trinajstić information content (AvgIpc) is 3.31. The number of halogens is 1. The zero-order valence-electron chi connectivity index (χ0n) is 23.6. The van der Waals surface area contributed by atoms with Crippen molar-refractivity contribution in [1.82, 2.24) is 4.57 Å². The van der Waals surface area contributed by atoms with Crippen LogP contribution in [0.5, 0.6) is 11.5 Å². The number of carbonyl (C=O) groups is 1. The summed E-state index contributed by atoms with van der Waals surface area (Å²) < 4.78 is 32.1. The minimum atomic E-state index is -0.748. The van der Waals surface area contributed by atoms with E-state index in [2.05, 4.69) is 0 Å². The Balaban J connectivity index is 1.55. The van der Waals surface area contributed by atoms with Crippen molar-refractivity contribution in [1.29, 1.82) is 0 Å². The van der Waals surface area contributed by atoms with Crippen molar-refractivity contribution < 1.29 is 23.4 Å². The Kier molecular flexibility index (Phi) is 8.97. The Hall–Kier alpha value is -4.50. The largest absolute Gasteiger partial charge is 0.496 e. The first-order valence-electron chi connectivity index (χ1n) is 13.8. The molecule has 2 heterocycles. The smallest absolute Gasteiger partial charge is 0.338 e. The molecule has 7 nitrogen and oxygen atoms in total. The van der Waals surface area contributed by atoms with Gasteiger partial charge in [0.25, 0.3) is 5.56 Å². The van der Waals surface area contributed by atoms with Gasteiger partial charge in [0.15, 0.2) is 4.80 Å². The lowest BCUT2D eigenvalue weighted by molar-refractivity contribution is -0.139. The van der Waals surface area contributed by atoms with Crippen LogP contribution in [0, 0.1) is 5.82 Å². The third-order valence-electron chi connectivity index (χ3n) is 6.82. The highest BCUT2D eigenvalue weighted by Crippen LogP contribution is 2.36. The van der Waals surface area contributed by atoms with Crippen molar-refractivity contribution in [3.63, 3.8) is 0 Å². The number of para-hydroxylation sites is 1. The van der Waals surface area contributed by atoms with Gasteiger partial charge in [0, 0.05) is 5.56 Å². The minimum Gasteiger partial charge on any atom is -0.496 e. The lowest BCUT2D eigenvalue weighted by atomic mass is 9.93. The zero-order valence-corrected chi connectivity index (χ0v) is 24.4. The van der Waals surface area contributed by atoms with E-state index in [-0.39, 0.29) is 18.0 Å². The molecule has 1 atom stereocenters. The fourth-order valence-electron chi connectivity index (χ4n) is 4.87. The van der Waals surface area contributed by atoms with Crippen LogP contribution in [0.3, 0.4) is 0 Å². The minimum absolute atomic E-state index is 0.203. The molecule has 0 radical (unpaired) electrons. The summed E-state index contributed by atoms with van der Waals surface area (Å²) in [7, 11) is 1.57. The van der Waals surface area contributed by atoms with Crippen LogP contribution in [0.15, 0.2) is 93.9 Å². The van der Waals surface area contributed by atoms with E-state index in [0.29, 0.717) is 50.7 Å². The number of benzene rings is 3. The van der Waals surface area contributed by atoms with Crippen LogP contribution in [0.4, 0.5) is 4.39 Å². The lowest BCUT2D eigenvalue weighted by Crippen LogP contribution is -2.40. The molecular formula is C33H31FN2O5S. The van der Waals surface area contributed by atoms with Crippen LogP contribution < -0.4 is 24.4 Å². The van der Waals surface area contributed by atoms with Gasteiger partial charge in [0.1, 0.15) is 30.0 Å². The molecule has 9 heteroatoms. The van der Waals surface area contributed by atoms with Crippen molar-refractivity contribution in [2.24, 2.45) is 4.99 Å². The van der Waals surface area contributed by atoms with E-state index in [1.165, 1.54) is 23.5 Å². The van der Waals surface area contributed by atoms with Crippen LogP contribution in [-0.2, 0) is 16.1 Å². The summed E-state index contributed by atoms with van der Waals surface area (Å²) in [5, 5.41) is 0. The maximum atomic E-state index is 14.0. The first kappa shape index (κ1) is 29.0. The summed E-state index contributed by atoms with van der Waals surface area (Å²) in [6, 6.07) is 20.2. The normalized spacial score (nSPS) is 14.8. The van der Waals surface area contributed by atoms with Gasteiger partial charge in [-0.2, -0.15) is 0 Å². The van der Waals surface area contributed by atoms with Crippen molar-refractivity contribution in [3.05, 3.63) is 126 Å². The third kappa shape index (κ3) is 6.06. The molecule has 1 aromatic heterocycles. The standard InChI is InChI=1S/C33H31FN2O5S/c1-4-8-26-29(32(38)40-5-2)30(25-9-6-7-10-27(25)39-3)36-31(37)28(42-33(36)35-26)19-21-13-17-24(18-14-21)41-20-22-11-15-23(34)16-12-22/h6-7,9-19,30H,4-5,8,20H2,1-3H3/b28-19-/t30-/m0/s1. The van der Waals surface area contributed by atoms with E-state index in [1.807, 2.05) is 55.5 Å². The molecule has 0 fully saturated rings. The Morgan fingerprint density at radius 1 is 1.05 bits per heavy atom. The second-order valence-corrected chi connectivity index (χ2v) is 10.6. The van der Waals surface area contributed by atoms with Gasteiger partial charge in [-0.05, 0) is 60.9 Å². The molecule has 3 aromatic carbocycles. The van der Waals surface area contributed by atoms with Gasteiger partial charge in [0.2, 0.25) is 0 Å². The monoisotopic (exact) mass is 586 g/mol. The van der Waals surface area contributed by atoms with E-state index >= 15 is 0 Å². The summed E-state index contributed by atoms with van der Waals surface area (Å²) in [6.45, 7) is 4.29. The van der Waals surface area contributed by atoms with Gasteiger partial charge in [-0.25, -0.2) is 14.2 Å². The number of ether oxygens (including phenoxy) is 3. The van der Waals surface area contributed by atoms with Gasteiger partial charge in [-0.15, -0.1) is 0 Å². The van der Waals surface area contributed by atoms with Crippen LogP contribution in [0.2, 0.25) is 0 Å². The zero-order chi connectivity index (χ0) is 29.6. The topological polar surface area (TPSA) is 79.1 Å². The molecule has 42 heavy (non-hydrogen) atoms. The highest BCUT2D eigenvalue weighted by atomic mass is 32.1. The molecule has 1 aliphatic rings. The fourth-order valence-corrected chi connectivity index (χ4v) is 5.89. The van der Waals surface area contributed by atoms with Gasteiger partial charge >= 0.3 is 5.97 Å². The maximum absolute atomic E-state index is 14.0. The second kappa shape index (κ2) is 13.0. The number of carbonyl (C=O) groups excluding carboxylic acids is 1. The van der Waals surface area contributed by atoms with Crippen LogP contribution in [0.1, 0.15) is 49.4 Å². The number of aromatic nitrogens is 1. The maximum Gasteiger partial charge on any atom is 0.338 e. The number of fused-ring (bicyclic) bond motifs is 1. The number of allylic oxidation sites excluding steroid dienone is 1. The van der Waals surface area contributed by atoms with E-state index in [4.69, 9.17) is 19.2 Å². The highest BCUT2D eigenvalue weighted by Gasteiger charge is 2.35. The predicted molar refractivity (Wildman–Crippen MR) is 160 cm³/mol. The number of hydrogen-bond acceptors (Lipinski definition) is 7. The number of esters is 1. The quantitative estimate of drug-likeness (QED) is 0.236. The average molecular weight is 587 g/mol. The van der Waals surface area contributed by atoms with E-state index < -0.39 is 12.0 Å². The number of thiazole rings is 1. The van der Waals surface area contributed by atoms with E-state index in [0.717, 1.165) is 17.5 Å². The Labute approximate surface area is 246 Å². The molecule has 4 aromatic rings. The summed E-state index contributed by atoms with van der Waals surface area (Å²) in [4.78, 5) is 32.6. The van der Waals surface area contributed by atoms with Crippen molar-refractivity contribution in [2.75, 3.05) is 13.7 Å². The first-order chi connectivity index (χ1) is 20.4. The van der Waals surface area contributed by atoms with Gasteiger partial charge in [-0.3, -0.25) is 9.36 Å². The van der Waals surface area contributed by atoms with Crippen molar-refractivity contribution in [2.45, 2.75) is 39.3 Å². The highest BCUT2D eigenvalue weighted by molar-refractivity contribution is 7.07. The molecule has 5 rings (SSSR count). The number of methoxy groups -OCH3 is 1. The van der Waals surface area contributed by atoms with Crippen LogP contribution >= 0.6 is 11.3 Å². The molecule has 0 aliphatic carbocycles. The number of nitrogens with zero attached hydrogens (tertiary/aromatic N) is 2. The lowest BCUT2D eigenvalue weighted by Gasteiger charge is -2.26. The number of hydrogen-bond donors (Lipinski definition) is 0. The summed E-state index contributed by atoms with van der Waals surface area (Å²) in [5.41, 5.74) is 3.05. The Bertz CT molecular complexity index is 1790.